The van der Waals surface area contributed by atoms with E-state index in [1.165, 1.54) is 58.3 Å². The molecule has 2 rings (SSSR count). The predicted molar refractivity (Wildman–Crippen MR) is 65.0 cm³/mol. The highest BCUT2D eigenvalue weighted by Gasteiger charge is 2.23. The molecule has 0 aromatic rings. The van der Waals surface area contributed by atoms with E-state index in [9.17, 15) is 0 Å². The topological polar surface area (TPSA) is 15.3 Å². The van der Waals surface area contributed by atoms with Crippen LogP contribution in [0.3, 0.4) is 0 Å². The molecule has 0 aromatic carbocycles. The largest absolute Gasteiger partial charge is 0.317 e. The molecule has 1 heterocycles. The minimum absolute atomic E-state index is 0.922. The van der Waals surface area contributed by atoms with Gasteiger partial charge in [0.1, 0.15) is 0 Å². The molecule has 1 aliphatic heterocycles. The fraction of sp³-hybridized carbons (Fsp3) is 1.00. The lowest BCUT2D eigenvalue weighted by molar-refractivity contribution is 0.312. The van der Waals surface area contributed by atoms with Crippen molar-refractivity contribution in [2.24, 2.45) is 11.8 Å². The zero-order valence-corrected chi connectivity index (χ0v) is 10.2. The van der Waals surface area contributed by atoms with Crippen molar-refractivity contribution in [3.8, 4) is 0 Å². The van der Waals surface area contributed by atoms with Gasteiger partial charge in [0.25, 0.3) is 0 Å². The molecule has 0 bridgehead atoms. The molecule has 1 saturated heterocycles. The standard InChI is InChI=1S/C13H26N2/c1-2-14-10-13-7-9-15(11-13)8-3-4-12-5-6-12/h12-14H,2-11H2,1H3. The highest BCUT2D eigenvalue weighted by molar-refractivity contribution is 4.78. The maximum atomic E-state index is 3.47. The van der Waals surface area contributed by atoms with E-state index in [1.807, 2.05) is 0 Å². The summed E-state index contributed by atoms with van der Waals surface area (Å²) < 4.78 is 0. The van der Waals surface area contributed by atoms with Gasteiger partial charge in [0, 0.05) is 6.54 Å². The van der Waals surface area contributed by atoms with Crippen LogP contribution >= 0.6 is 0 Å². The van der Waals surface area contributed by atoms with Crippen LogP contribution in [0.2, 0.25) is 0 Å². The lowest BCUT2D eigenvalue weighted by Gasteiger charge is -2.15. The Labute approximate surface area is 94.4 Å². The molecule has 15 heavy (non-hydrogen) atoms. The van der Waals surface area contributed by atoms with E-state index in [1.54, 1.807) is 0 Å². The second-order valence-corrected chi connectivity index (χ2v) is 5.35. The minimum Gasteiger partial charge on any atom is -0.317 e. The normalized spacial score (nSPS) is 27.4. The van der Waals surface area contributed by atoms with Gasteiger partial charge in [0.05, 0.1) is 0 Å². The molecule has 1 atom stereocenters. The van der Waals surface area contributed by atoms with Crippen LogP contribution in [0.4, 0.5) is 0 Å². The molecule has 0 aromatic heterocycles. The molecule has 88 valence electrons. The molecule has 1 N–H and O–H groups in total. The molecule has 1 saturated carbocycles. The Kier molecular flexibility index (Phi) is 4.45. The van der Waals surface area contributed by atoms with E-state index < -0.39 is 0 Å². The van der Waals surface area contributed by atoms with E-state index in [0.717, 1.165) is 18.4 Å². The molecular formula is C13H26N2. The Morgan fingerprint density at radius 1 is 1.20 bits per heavy atom. The van der Waals surface area contributed by atoms with Gasteiger partial charge < -0.3 is 10.2 Å². The van der Waals surface area contributed by atoms with E-state index in [4.69, 9.17) is 0 Å². The summed E-state index contributed by atoms with van der Waals surface area (Å²) in [4.78, 5) is 2.67. The lowest BCUT2D eigenvalue weighted by Crippen LogP contribution is -2.27. The lowest BCUT2D eigenvalue weighted by atomic mass is 10.1. The van der Waals surface area contributed by atoms with Crippen LogP contribution < -0.4 is 5.32 Å². The molecule has 1 unspecified atom stereocenters. The first-order valence-corrected chi connectivity index (χ1v) is 6.81. The summed E-state index contributed by atoms with van der Waals surface area (Å²) in [5.41, 5.74) is 0. The fourth-order valence-electron chi connectivity index (χ4n) is 2.64. The SMILES string of the molecule is CCNCC1CCN(CCCC2CC2)C1. The van der Waals surface area contributed by atoms with Crippen molar-refractivity contribution in [3.63, 3.8) is 0 Å². The third-order valence-electron chi connectivity index (χ3n) is 3.84. The van der Waals surface area contributed by atoms with E-state index in [0.29, 0.717) is 0 Å². The van der Waals surface area contributed by atoms with Gasteiger partial charge in [0.2, 0.25) is 0 Å². The van der Waals surface area contributed by atoms with Crippen molar-refractivity contribution in [1.29, 1.82) is 0 Å². The van der Waals surface area contributed by atoms with Crippen molar-refractivity contribution < 1.29 is 0 Å². The van der Waals surface area contributed by atoms with Gasteiger partial charge in [-0.05, 0) is 57.3 Å². The van der Waals surface area contributed by atoms with Gasteiger partial charge in [-0.1, -0.05) is 19.8 Å². The van der Waals surface area contributed by atoms with Crippen LogP contribution in [0.15, 0.2) is 0 Å². The molecule has 0 amide bonds. The van der Waals surface area contributed by atoms with Gasteiger partial charge in [0.15, 0.2) is 0 Å². The van der Waals surface area contributed by atoms with E-state index in [2.05, 4.69) is 17.1 Å². The Morgan fingerprint density at radius 2 is 2.07 bits per heavy atom. The van der Waals surface area contributed by atoms with Crippen molar-refractivity contribution in [2.45, 2.75) is 39.0 Å². The highest BCUT2D eigenvalue weighted by Crippen LogP contribution is 2.33. The Hall–Kier alpha value is -0.0800. The monoisotopic (exact) mass is 210 g/mol. The molecular weight excluding hydrogens is 184 g/mol. The number of likely N-dealkylation sites (tertiary alicyclic amines) is 1. The van der Waals surface area contributed by atoms with Gasteiger partial charge in [-0.2, -0.15) is 0 Å². The van der Waals surface area contributed by atoms with Gasteiger partial charge in [-0.3, -0.25) is 0 Å². The predicted octanol–water partition coefficient (Wildman–Crippen LogP) is 2.11. The van der Waals surface area contributed by atoms with Crippen LogP contribution in [0.25, 0.3) is 0 Å². The average Bonchev–Trinajstić information content (AvgIpc) is 2.95. The van der Waals surface area contributed by atoms with Crippen LogP contribution in [-0.2, 0) is 0 Å². The van der Waals surface area contributed by atoms with Crippen molar-refractivity contribution in [2.75, 3.05) is 32.7 Å². The van der Waals surface area contributed by atoms with Gasteiger partial charge >= 0.3 is 0 Å². The Balaban J connectivity index is 1.51. The molecule has 2 aliphatic rings. The van der Waals surface area contributed by atoms with E-state index in [-0.39, 0.29) is 0 Å². The highest BCUT2D eigenvalue weighted by atomic mass is 15.1. The molecule has 2 nitrogen and oxygen atoms in total. The summed E-state index contributed by atoms with van der Waals surface area (Å²) in [6.07, 6.45) is 7.38. The number of rotatable bonds is 7. The third-order valence-corrected chi connectivity index (χ3v) is 3.84. The number of hydrogen-bond donors (Lipinski definition) is 1. The summed E-state index contributed by atoms with van der Waals surface area (Å²) in [6, 6.07) is 0. The van der Waals surface area contributed by atoms with Crippen LogP contribution in [0.1, 0.15) is 39.0 Å². The van der Waals surface area contributed by atoms with Crippen LogP contribution in [0.5, 0.6) is 0 Å². The average molecular weight is 210 g/mol. The second-order valence-electron chi connectivity index (χ2n) is 5.35. The molecule has 1 aliphatic carbocycles. The van der Waals surface area contributed by atoms with Gasteiger partial charge in [-0.15, -0.1) is 0 Å². The first kappa shape index (κ1) is 11.4. The Bertz CT molecular complexity index is 177. The minimum atomic E-state index is 0.922. The zero-order valence-electron chi connectivity index (χ0n) is 10.2. The van der Waals surface area contributed by atoms with Crippen molar-refractivity contribution in [3.05, 3.63) is 0 Å². The fourth-order valence-corrected chi connectivity index (χ4v) is 2.64. The molecule has 0 spiro atoms. The first-order chi connectivity index (χ1) is 7.38. The summed E-state index contributed by atoms with van der Waals surface area (Å²) in [5.74, 6) is 2.04. The summed E-state index contributed by atoms with van der Waals surface area (Å²) in [6.45, 7) is 8.60. The summed E-state index contributed by atoms with van der Waals surface area (Å²) in [7, 11) is 0. The zero-order chi connectivity index (χ0) is 10.5. The number of nitrogens with one attached hydrogen (secondary N) is 1. The molecule has 2 fully saturated rings. The quantitative estimate of drug-likeness (QED) is 0.692. The second kappa shape index (κ2) is 5.86. The van der Waals surface area contributed by atoms with Crippen molar-refractivity contribution >= 4 is 0 Å². The number of nitrogens with zero attached hydrogens (tertiary/aromatic N) is 1. The smallest absolute Gasteiger partial charge is 0.00223 e. The molecule has 0 radical (unpaired) electrons. The maximum Gasteiger partial charge on any atom is 0.00223 e. The van der Waals surface area contributed by atoms with E-state index >= 15 is 0 Å². The van der Waals surface area contributed by atoms with Crippen LogP contribution in [-0.4, -0.2) is 37.6 Å². The molecule has 2 heteroatoms. The first-order valence-electron chi connectivity index (χ1n) is 6.81. The Morgan fingerprint density at radius 3 is 2.80 bits per heavy atom. The van der Waals surface area contributed by atoms with Crippen LogP contribution in [0, 0.1) is 11.8 Å². The third kappa shape index (κ3) is 4.12. The maximum absolute atomic E-state index is 3.47. The number of hydrogen-bond acceptors (Lipinski definition) is 2. The van der Waals surface area contributed by atoms with Gasteiger partial charge in [-0.25, -0.2) is 0 Å². The summed E-state index contributed by atoms with van der Waals surface area (Å²) >= 11 is 0. The summed E-state index contributed by atoms with van der Waals surface area (Å²) in [5, 5.41) is 3.47. The van der Waals surface area contributed by atoms with Crippen molar-refractivity contribution in [1.82, 2.24) is 10.2 Å².